The van der Waals surface area contributed by atoms with Crippen LogP contribution >= 0.6 is 0 Å². The zero-order valence-electron chi connectivity index (χ0n) is 11.8. The molecule has 1 fully saturated rings. The van der Waals surface area contributed by atoms with Gasteiger partial charge in [0.05, 0.1) is 17.3 Å². The molecule has 5 nitrogen and oxygen atoms in total. The molecule has 1 aromatic heterocycles. The average Bonchev–Trinajstić information content (AvgIpc) is 2.84. The molecular weight excluding hydrogens is 254 g/mol. The van der Waals surface area contributed by atoms with E-state index in [1.807, 2.05) is 25.1 Å². The van der Waals surface area contributed by atoms with Crippen molar-refractivity contribution >= 4 is 16.8 Å². The number of aromatic nitrogens is 2. The Morgan fingerprint density at radius 1 is 1.40 bits per heavy atom. The number of hydrogen-bond acceptors (Lipinski definition) is 3. The Balaban J connectivity index is 2.05. The number of amides is 1. The predicted octanol–water partition coefficient (Wildman–Crippen LogP) is 2.06. The summed E-state index contributed by atoms with van der Waals surface area (Å²) in [5.74, 6) is -0.0647. The second-order valence-corrected chi connectivity index (χ2v) is 5.18. The van der Waals surface area contributed by atoms with Crippen LogP contribution in [-0.2, 0) is 4.74 Å². The number of nitrogens with one attached hydrogen (secondary N) is 1. The van der Waals surface area contributed by atoms with E-state index in [-0.39, 0.29) is 5.91 Å². The third kappa shape index (κ3) is 2.18. The van der Waals surface area contributed by atoms with Crippen LogP contribution in [0.5, 0.6) is 0 Å². The third-order valence-corrected chi connectivity index (χ3v) is 3.92. The van der Waals surface area contributed by atoms with Crippen molar-refractivity contribution in [1.29, 1.82) is 0 Å². The topological polar surface area (TPSA) is 56.2 Å². The minimum absolute atomic E-state index is 0.0647. The minimum Gasteiger partial charge on any atom is -0.381 e. The normalized spacial score (nSPS) is 16.5. The monoisotopic (exact) mass is 273 g/mol. The Morgan fingerprint density at radius 2 is 2.15 bits per heavy atom. The van der Waals surface area contributed by atoms with Crippen LogP contribution in [0.3, 0.4) is 0 Å². The largest absolute Gasteiger partial charge is 0.381 e. The number of carbonyl (C=O) groups is 1. The highest BCUT2D eigenvalue weighted by atomic mass is 16.5. The lowest BCUT2D eigenvalue weighted by molar-refractivity contribution is 0.0674. The highest BCUT2D eigenvalue weighted by molar-refractivity contribution is 5.98. The quantitative estimate of drug-likeness (QED) is 0.911. The maximum absolute atomic E-state index is 11.7. The van der Waals surface area contributed by atoms with Gasteiger partial charge in [0.2, 0.25) is 0 Å². The summed E-state index contributed by atoms with van der Waals surface area (Å²) in [7, 11) is 1.64. The van der Waals surface area contributed by atoms with Crippen LogP contribution in [0.4, 0.5) is 0 Å². The van der Waals surface area contributed by atoms with Crippen molar-refractivity contribution < 1.29 is 9.53 Å². The van der Waals surface area contributed by atoms with Gasteiger partial charge in [-0.1, -0.05) is 0 Å². The second-order valence-electron chi connectivity index (χ2n) is 5.18. The standard InChI is InChI=1S/C15H19N3O2/c1-10-13-9-11(15(19)16-2)3-4-14(13)18(17-10)12-5-7-20-8-6-12/h3-4,9,12H,5-8H2,1-2H3,(H,16,19). The van der Waals surface area contributed by atoms with E-state index in [1.165, 1.54) is 0 Å². The van der Waals surface area contributed by atoms with E-state index in [9.17, 15) is 4.79 Å². The molecule has 2 heterocycles. The molecule has 0 spiro atoms. The van der Waals surface area contributed by atoms with Gasteiger partial charge in [-0.3, -0.25) is 9.48 Å². The first-order chi connectivity index (χ1) is 9.70. The van der Waals surface area contributed by atoms with Gasteiger partial charge in [-0.25, -0.2) is 0 Å². The van der Waals surface area contributed by atoms with Crippen molar-refractivity contribution in [1.82, 2.24) is 15.1 Å². The second kappa shape index (κ2) is 5.25. The molecule has 106 valence electrons. The first kappa shape index (κ1) is 13.1. The lowest BCUT2D eigenvalue weighted by Crippen LogP contribution is -2.20. The van der Waals surface area contributed by atoms with Gasteiger partial charge in [0.15, 0.2) is 0 Å². The first-order valence-corrected chi connectivity index (χ1v) is 6.99. The van der Waals surface area contributed by atoms with E-state index in [0.29, 0.717) is 11.6 Å². The van der Waals surface area contributed by atoms with E-state index < -0.39 is 0 Å². The van der Waals surface area contributed by atoms with Crippen molar-refractivity contribution in [2.45, 2.75) is 25.8 Å². The van der Waals surface area contributed by atoms with Crippen molar-refractivity contribution in [2.75, 3.05) is 20.3 Å². The van der Waals surface area contributed by atoms with Gasteiger partial charge in [-0.05, 0) is 38.0 Å². The number of carbonyl (C=O) groups excluding carboxylic acids is 1. The lowest BCUT2D eigenvalue weighted by atomic mass is 10.1. The van der Waals surface area contributed by atoms with Crippen molar-refractivity contribution in [3.05, 3.63) is 29.5 Å². The van der Waals surface area contributed by atoms with Gasteiger partial charge >= 0.3 is 0 Å². The van der Waals surface area contributed by atoms with Crippen LogP contribution in [-0.4, -0.2) is 35.9 Å². The van der Waals surface area contributed by atoms with E-state index in [1.54, 1.807) is 7.05 Å². The SMILES string of the molecule is CNC(=O)c1ccc2c(c1)c(C)nn2C1CCOCC1. The Hall–Kier alpha value is -1.88. The number of ether oxygens (including phenoxy) is 1. The highest BCUT2D eigenvalue weighted by Crippen LogP contribution is 2.27. The summed E-state index contributed by atoms with van der Waals surface area (Å²) >= 11 is 0. The van der Waals surface area contributed by atoms with Crippen LogP contribution in [0.1, 0.15) is 34.9 Å². The summed E-state index contributed by atoms with van der Waals surface area (Å²) in [6.07, 6.45) is 1.99. The summed E-state index contributed by atoms with van der Waals surface area (Å²) in [5.41, 5.74) is 2.74. The number of fused-ring (bicyclic) bond motifs is 1. The maximum Gasteiger partial charge on any atom is 0.251 e. The molecule has 0 aliphatic carbocycles. The molecule has 0 unspecified atom stereocenters. The molecular formula is C15H19N3O2. The molecule has 0 bridgehead atoms. The van der Waals surface area contributed by atoms with Gasteiger partial charge in [0.1, 0.15) is 0 Å². The molecule has 1 N–H and O–H groups in total. The fourth-order valence-corrected chi connectivity index (χ4v) is 2.79. The van der Waals surface area contributed by atoms with Crippen LogP contribution in [0.2, 0.25) is 0 Å². The Kier molecular flexibility index (Phi) is 3.44. The van der Waals surface area contributed by atoms with Crippen LogP contribution in [0.25, 0.3) is 10.9 Å². The summed E-state index contributed by atoms with van der Waals surface area (Å²) < 4.78 is 7.51. The number of hydrogen-bond donors (Lipinski definition) is 1. The third-order valence-electron chi connectivity index (χ3n) is 3.92. The summed E-state index contributed by atoms with van der Waals surface area (Å²) in [6.45, 7) is 3.58. The van der Waals surface area contributed by atoms with Gasteiger partial charge in [-0.2, -0.15) is 5.10 Å². The van der Waals surface area contributed by atoms with Crippen molar-refractivity contribution in [2.24, 2.45) is 0 Å². The highest BCUT2D eigenvalue weighted by Gasteiger charge is 2.20. The number of nitrogens with zero attached hydrogens (tertiary/aromatic N) is 2. The zero-order valence-corrected chi connectivity index (χ0v) is 11.8. The van der Waals surface area contributed by atoms with Gasteiger partial charge in [-0.15, -0.1) is 0 Å². The smallest absolute Gasteiger partial charge is 0.251 e. The van der Waals surface area contributed by atoms with Crippen LogP contribution in [0.15, 0.2) is 18.2 Å². The molecule has 1 aliphatic rings. The molecule has 0 saturated carbocycles. The van der Waals surface area contributed by atoms with Gasteiger partial charge in [0, 0.05) is 31.2 Å². The summed E-state index contributed by atoms with van der Waals surface area (Å²) in [4.78, 5) is 11.7. The number of rotatable bonds is 2. The average molecular weight is 273 g/mol. The van der Waals surface area contributed by atoms with E-state index in [2.05, 4.69) is 15.1 Å². The van der Waals surface area contributed by atoms with E-state index >= 15 is 0 Å². The summed E-state index contributed by atoms with van der Waals surface area (Å²) in [5, 5.41) is 8.38. The van der Waals surface area contributed by atoms with E-state index in [4.69, 9.17) is 4.74 Å². The maximum atomic E-state index is 11.7. The number of aryl methyl sites for hydroxylation is 1. The Labute approximate surface area is 117 Å². The molecule has 1 aliphatic heterocycles. The van der Waals surface area contributed by atoms with E-state index in [0.717, 1.165) is 42.7 Å². The first-order valence-electron chi connectivity index (χ1n) is 6.99. The summed E-state index contributed by atoms with van der Waals surface area (Å²) in [6, 6.07) is 6.17. The fourth-order valence-electron chi connectivity index (χ4n) is 2.79. The molecule has 3 rings (SSSR count). The molecule has 0 atom stereocenters. The Bertz CT molecular complexity index is 642. The fraction of sp³-hybridized carbons (Fsp3) is 0.467. The van der Waals surface area contributed by atoms with Crippen LogP contribution in [0, 0.1) is 6.92 Å². The van der Waals surface area contributed by atoms with Crippen molar-refractivity contribution in [3.8, 4) is 0 Å². The molecule has 1 amide bonds. The number of benzene rings is 1. The lowest BCUT2D eigenvalue weighted by Gasteiger charge is -2.23. The molecule has 0 radical (unpaired) electrons. The predicted molar refractivity (Wildman–Crippen MR) is 77.0 cm³/mol. The molecule has 20 heavy (non-hydrogen) atoms. The molecule has 5 heteroatoms. The molecule has 1 saturated heterocycles. The minimum atomic E-state index is -0.0647. The van der Waals surface area contributed by atoms with Gasteiger partial charge in [0.25, 0.3) is 5.91 Å². The van der Waals surface area contributed by atoms with Crippen molar-refractivity contribution in [3.63, 3.8) is 0 Å². The van der Waals surface area contributed by atoms with Gasteiger partial charge < -0.3 is 10.1 Å². The molecule has 1 aromatic carbocycles. The Morgan fingerprint density at radius 3 is 2.85 bits per heavy atom. The zero-order chi connectivity index (χ0) is 14.1. The molecule has 2 aromatic rings. The van der Waals surface area contributed by atoms with Crippen LogP contribution < -0.4 is 5.32 Å².